The van der Waals surface area contributed by atoms with Gasteiger partial charge in [-0.3, -0.25) is 4.98 Å². The van der Waals surface area contributed by atoms with Crippen LogP contribution in [0.1, 0.15) is 34.6 Å². The number of carbonyl (C=O) groups excluding carboxylic acids is 1. The fraction of sp³-hybridized carbons (Fsp3) is 0.240. The molecule has 1 aliphatic carbocycles. The molecule has 1 saturated carbocycles. The molecule has 1 amide bonds. The fourth-order valence-corrected chi connectivity index (χ4v) is 5.36. The van der Waals surface area contributed by atoms with E-state index in [2.05, 4.69) is 11.1 Å². The normalized spacial score (nSPS) is 27.1. The summed E-state index contributed by atoms with van der Waals surface area (Å²) >= 11 is 0. The second-order valence-electron chi connectivity index (χ2n) is 8.13. The van der Waals surface area contributed by atoms with Crippen molar-refractivity contribution in [3.05, 3.63) is 89.2 Å². The van der Waals surface area contributed by atoms with Crippen molar-refractivity contribution in [3.8, 4) is 17.6 Å². The molecule has 1 aliphatic heterocycles. The van der Waals surface area contributed by atoms with E-state index in [-0.39, 0.29) is 6.42 Å². The van der Waals surface area contributed by atoms with Crippen molar-refractivity contribution in [3.63, 3.8) is 0 Å². The van der Waals surface area contributed by atoms with Crippen LogP contribution in [-0.4, -0.2) is 29.4 Å². The number of aromatic nitrogens is 1. The Bertz CT molecular complexity index is 1260. The van der Waals surface area contributed by atoms with Crippen molar-refractivity contribution >= 4 is 6.09 Å². The predicted molar refractivity (Wildman–Crippen MR) is 116 cm³/mol. The van der Waals surface area contributed by atoms with E-state index < -0.39 is 29.3 Å². The van der Waals surface area contributed by atoms with Gasteiger partial charge in [0, 0.05) is 5.92 Å². The molecule has 2 aliphatic rings. The summed E-state index contributed by atoms with van der Waals surface area (Å²) in [5.41, 5.74) is 4.48. The second-order valence-corrected chi connectivity index (χ2v) is 8.13. The smallest absolute Gasteiger partial charge is 0.404 e. The number of benzene rings is 2. The Hall–Kier alpha value is -4.09. The molecule has 0 unspecified atom stereocenters. The third kappa shape index (κ3) is 2.79. The molecule has 3 N–H and O–H groups in total. The number of ether oxygens (including phenoxy) is 3. The zero-order valence-electron chi connectivity index (χ0n) is 17.8. The van der Waals surface area contributed by atoms with Gasteiger partial charge in [-0.2, -0.15) is 5.26 Å². The molecule has 0 saturated heterocycles. The van der Waals surface area contributed by atoms with Gasteiger partial charge < -0.3 is 25.1 Å². The van der Waals surface area contributed by atoms with Gasteiger partial charge in [0.1, 0.15) is 17.6 Å². The van der Waals surface area contributed by atoms with Crippen LogP contribution in [0, 0.1) is 11.3 Å². The van der Waals surface area contributed by atoms with Crippen LogP contribution in [-0.2, 0) is 15.9 Å². The first kappa shape index (κ1) is 20.8. The molecular weight excluding hydrogens is 422 g/mol. The molecule has 8 nitrogen and oxygen atoms in total. The minimum atomic E-state index is -1.85. The maximum absolute atomic E-state index is 12.5. The summed E-state index contributed by atoms with van der Waals surface area (Å²) < 4.78 is 17.6. The maximum atomic E-state index is 12.5. The van der Waals surface area contributed by atoms with E-state index in [1.54, 1.807) is 24.3 Å². The highest BCUT2D eigenvalue weighted by Gasteiger charge is 2.75. The van der Waals surface area contributed by atoms with Crippen LogP contribution in [0.15, 0.2) is 67.0 Å². The lowest BCUT2D eigenvalue weighted by atomic mass is 9.71. The van der Waals surface area contributed by atoms with Crippen LogP contribution < -0.4 is 15.2 Å². The van der Waals surface area contributed by atoms with Gasteiger partial charge >= 0.3 is 6.09 Å². The van der Waals surface area contributed by atoms with Gasteiger partial charge in [-0.05, 0) is 29.7 Å². The van der Waals surface area contributed by atoms with Crippen molar-refractivity contribution in [2.75, 3.05) is 7.11 Å². The van der Waals surface area contributed by atoms with Gasteiger partial charge in [0.25, 0.3) is 0 Å². The third-order valence-electron chi connectivity index (χ3n) is 6.62. The lowest BCUT2D eigenvalue weighted by molar-refractivity contribution is -0.150. The summed E-state index contributed by atoms with van der Waals surface area (Å²) in [5.74, 6) is 0.190. The molecule has 166 valence electrons. The summed E-state index contributed by atoms with van der Waals surface area (Å²) in [4.78, 5) is 16.1. The molecule has 0 radical (unpaired) electrons. The van der Waals surface area contributed by atoms with Crippen molar-refractivity contribution in [1.29, 1.82) is 5.26 Å². The maximum Gasteiger partial charge on any atom is 0.404 e. The first-order valence-electron chi connectivity index (χ1n) is 10.4. The van der Waals surface area contributed by atoms with Gasteiger partial charge in [0.15, 0.2) is 11.2 Å². The van der Waals surface area contributed by atoms with E-state index >= 15 is 0 Å². The Morgan fingerprint density at radius 1 is 1.21 bits per heavy atom. The molecule has 3 aromatic rings. The number of amides is 1. The lowest BCUT2D eigenvalue weighted by Crippen LogP contribution is -2.53. The third-order valence-corrected chi connectivity index (χ3v) is 6.62. The van der Waals surface area contributed by atoms with E-state index in [1.165, 1.54) is 19.5 Å². The standard InChI is InChI=1S/C25H21N3O5/c1-31-19-13-28-14-20-22(19)24(30)21(32-23(27)29)11-18(16-5-3-2-4-6-16)25(24,33-20)17-9-7-15(12-26)8-10-17/h2-10,13-14,18,21,30H,11H2,1H3,(H2,27,29)/t18-,21+,24+,25-/m0/s1. The summed E-state index contributed by atoms with van der Waals surface area (Å²) in [5, 5.41) is 21.8. The molecule has 33 heavy (non-hydrogen) atoms. The average molecular weight is 443 g/mol. The highest BCUT2D eigenvalue weighted by atomic mass is 16.6. The Labute approximate surface area is 190 Å². The molecule has 2 aromatic carbocycles. The molecular formula is C25H21N3O5. The highest BCUT2D eigenvalue weighted by Crippen LogP contribution is 2.68. The van der Waals surface area contributed by atoms with Gasteiger partial charge in [-0.25, -0.2) is 4.79 Å². The quantitative estimate of drug-likeness (QED) is 0.634. The van der Waals surface area contributed by atoms with E-state index in [0.717, 1.165) is 5.56 Å². The number of carbonyl (C=O) groups is 1. The molecule has 0 bridgehead atoms. The zero-order chi connectivity index (χ0) is 23.2. The van der Waals surface area contributed by atoms with Gasteiger partial charge in [0.2, 0.25) is 0 Å². The number of pyridine rings is 1. The van der Waals surface area contributed by atoms with Gasteiger partial charge in [-0.1, -0.05) is 42.5 Å². The monoisotopic (exact) mass is 443 g/mol. The Kier molecular flexibility index (Phi) is 4.73. The van der Waals surface area contributed by atoms with Crippen LogP contribution in [0.4, 0.5) is 4.79 Å². The van der Waals surface area contributed by atoms with Crippen molar-refractivity contribution in [2.45, 2.75) is 29.6 Å². The van der Waals surface area contributed by atoms with Crippen molar-refractivity contribution in [2.24, 2.45) is 5.73 Å². The SMILES string of the molecule is COc1cncc2c1[C@]1(O)[C@H](OC(N)=O)C[C@@H](c3ccccc3)[C@]1(c1ccc(C#N)cc1)O2. The molecule has 8 heteroatoms. The minimum absolute atomic E-state index is 0.244. The average Bonchev–Trinajstić information content (AvgIpc) is 3.25. The Morgan fingerprint density at radius 3 is 2.58 bits per heavy atom. The first-order chi connectivity index (χ1) is 16.0. The zero-order valence-corrected chi connectivity index (χ0v) is 17.8. The first-order valence-corrected chi connectivity index (χ1v) is 10.4. The lowest BCUT2D eigenvalue weighted by Gasteiger charge is -2.41. The fourth-order valence-electron chi connectivity index (χ4n) is 5.36. The number of hydrogen-bond donors (Lipinski definition) is 2. The number of nitriles is 1. The highest BCUT2D eigenvalue weighted by molar-refractivity contribution is 5.66. The Morgan fingerprint density at radius 2 is 1.94 bits per heavy atom. The molecule has 0 spiro atoms. The predicted octanol–water partition coefficient (Wildman–Crippen LogP) is 3.09. The molecule has 4 atom stereocenters. The number of rotatable bonds is 4. The van der Waals surface area contributed by atoms with Gasteiger partial charge in [-0.15, -0.1) is 0 Å². The number of primary amides is 1. The van der Waals surface area contributed by atoms with Crippen LogP contribution >= 0.6 is 0 Å². The molecule has 5 rings (SSSR count). The van der Waals surface area contributed by atoms with Crippen LogP contribution in [0.3, 0.4) is 0 Å². The van der Waals surface area contributed by atoms with E-state index in [9.17, 15) is 15.2 Å². The van der Waals surface area contributed by atoms with Crippen molar-refractivity contribution in [1.82, 2.24) is 4.98 Å². The number of hydrogen-bond acceptors (Lipinski definition) is 7. The topological polar surface area (TPSA) is 128 Å². The number of methoxy groups -OCH3 is 1. The molecule has 2 heterocycles. The van der Waals surface area contributed by atoms with E-state index in [4.69, 9.17) is 19.9 Å². The second kappa shape index (κ2) is 7.50. The summed E-state index contributed by atoms with van der Waals surface area (Å²) in [6.07, 6.45) is 1.19. The van der Waals surface area contributed by atoms with Crippen LogP contribution in [0.5, 0.6) is 11.5 Å². The number of aliphatic hydroxyl groups is 1. The Balaban J connectivity index is 1.83. The molecule has 1 fully saturated rings. The van der Waals surface area contributed by atoms with E-state index in [1.807, 2.05) is 30.3 Å². The summed E-state index contributed by atoms with van der Waals surface area (Å²) in [6.45, 7) is 0. The summed E-state index contributed by atoms with van der Waals surface area (Å²) in [7, 11) is 1.47. The largest absolute Gasteiger partial charge is 0.495 e. The van der Waals surface area contributed by atoms with E-state index in [0.29, 0.717) is 28.2 Å². The molecule has 1 aromatic heterocycles. The minimum Gasteiger partial charge on any atom is -0.495 e. The number of nitrogens with two attached hydrogens (primary N) is 1. The summed E-state index contributed by atoms with van der Waals surface area (Å²) in [6, 6.07) is 18.5. The number of fused-ring (bicyclic) bond motifs is 3. The van der Waals surface area contributed by atoms with Crippen molar-refractivity contribution < 1.29 is 24.1 Å². The van der Waals surface area contributed by atoms with Crippen LogP contribution in [0.2, 0.25) is 0 Å². The van der Waals surface area contributed by atoms with Gasteiger partial charge in [0.05, 0.1) is 36.7 Å². The van der Waals surface area contributed by atoms with Crippen LogP contribution in [0.25, 0.3) is 0 Å². The number of nitrogens with zero attached hydrogens (tertiary/aromatic N) is 2.